The molecule has 0 bridgehead atoms. The smallest absolute Gasteiger partial charge is 0.414 e. The van der Waals surface area contributed by atoms with Crippen LogP contribution in [0.1, 0.15) is 12.0 Å². The van der Waals surface area contributed by atoms with E-state index in [4.69, 9.17) is 4.74 Å². The Hall–Kier alpha value is -3.07. The first kappa shape index (κ1) is 17.7. The predicted molar refractivity (Wildman–Crippen MR) is 89.3 cm³/mol. The molecule has 0 saturated carbocycles. The zero-order chi connectivity index (χ0) is 18.6. The lowest BCUT2D eigenvalue weighted by Gasteiger charge is -2.04. The second-order valence-corrected chi connectivity index (χ2v) is 7.34. The Balaban J connectivity index is 1.69. The molecule has 0 aliphatic carbocycles. The average Bonchev–Trinajstić information content (AvgIpc) is 3.02. The number of hydrogen-bond acceptors (Lipinski definition) is 7. The first-order valence-electron chi connectivity index (χ1n) is 7.79. The van der Waals surface area contributed by atoms with Crippen LogP contribution in [0.4, 0.5) is 0 Å². The molecular weight excluding hydrogens is 360 g/mol. The first-order valence-corrected chi connectivity index (χ1v) is 9.27. The van der Waals surface area contributed by atoms with Crippen LogP contribution >= 0.6 is 0 Å². The van der Waals surface area contributed by atoms with E-state index in [1.54, 1.807) is 42.5 Å². The highest BCUT2D eigenvalue weighted by Crippen LogP contribution is 2.25. The van der Waals surface area contributed by atoms with E-state index >= 15 is 0 Å². The SMILES string of the molecule is O=S(=O)(c1ccccc1)c1c(OCCCc2ccc(O)cc2)no[n+]1[O-]. The molecule has 8 nitrogen and oxygen atoms in total. The van der Waals surface area contributed by atoms with E-state index < -0.39 is 14.9 Å². The Morgan fingerprint density at radius 2 is 1.81 bits per heavy atom. The Kier molecular flexibility index (Phi) is 5.08. The summed E-state index contributed by atoms with van der Waals surface area (Å²) in [5.74, 6) is -0.182. The molecule has 9 heteroatoms. The predicted octanol–water partition coefficient (Wildman–Crippen LogP) is 1.86. The summed E-state index contributed by atoms with van der Waals surface area (Å²) in [5, 5.41) is 23.7. The molecule has 3 aromatic rings. The minimum absolute atomic E-state index is 0.0539. The zero-order valence-electron chi connectivity index (χ0n) is 13.6. The van der Waals surface area contributed by atoms with Crippen LogP contribution in [0.2, 0.25) is 0 Å². The van der Waals surface area contributed by atoms with Gasteiger partial charge >= 0.3 is 10.9 Å². The number of rotatable bonds is 7. The molecule has 0 saturated heterocycles. The van der Waals surface area contributed by atoms with Crippen molar-refractivity contribution >= 4 is 9.84 Å². The van der Waals surface area contributed by atoms with E-state index in [-0.39, 0.29) is 28.0 Å². The number of hydrogen-bond donors (Lipinski definition) is 1. The van der Waals surface area contributed by atoms with Gasteiger partial charge in [0, 0.05) is 0 Å². The molecule has 0 spiro atoms. The lowest BCUT2D eigenvalue weighted by Crippen LogP contribution is -2.31. The Morgan fingerprint density at radius 1 is 1.12 bits per heavy atom. The molecule has 0 fully saturated rings. The number of sulfone groups is 1. The van der Waals surface area contributed by atoms with Crippen LogP contribution in [0.5, 0.6) is 11.6 Å². The van der Waals surface area contributed by atoms with Crippen LogP contribution in [0.3, 0.4) is 0 Å². The van der Waals surface area contributed by atoms with Gasteiger partial charge in [0.2, 0.25) is 0 Å². The van der Waals surface area contributed by atoms with Crippen molar-refractivity contribution in [3.63, 3.8) is 0 Å². The quantitative estimate of drug-likeness (QED) is 0.494. The van der Waals surface area contributed by atoms with Crippen LogP contribution in [0, 0.1) is 5.21 Å². The second kappa shape index (κ2) is 7.44. The number of aromatic hydroxyl groups is 1. The van der Waals surface area contributed by atoms with Gasteiger partial charge in [0.15, 0.2) is 0 Å². The van der Waals surface area contributed by atoms with Crippen molar-refractivity contribution in [1.82, 2.24) is 5.16 Å². The Bertz CT molecular complexity index is 968. The van der Waals surface area contributed by atoms with Gasteiger partial charge in [0.1, 0.15) is 5.75 Å². The number of phenolic OH excluding ortho intramolecular Hbond substituents is 1. The van der Waals surface area contributed by atoms with Gasteiger partial charge in [-0.25, -0.2) is 8.42 Å². The van der Waals surface area contributed by atoms with Gasteiger partial charge < -0.3 is 15.1 Å². The minimum atomic E-state index is -4.11. The number of nitrogens with zero attached hydrogens (tertiary/aromatic N) is 2. The van der Waals surface area contributed by atoms with E-state index in [9.17, 15) is 18.7 Å². The van der Waals surface area contributed by atoms with Gasteiger partial charge in [-0.05, 0) is 47.6 Å². The third-order valence-electron chi connectivity index (χ3n) is 3.64. The maximum absolute atomic E-state index is 12.6. The van der Waals surface area contributed by atoms with Crippen molar-refractivity contribution in [2.45, 2.75) is 22.8 Å². The maximum atomic E-state index is 12.6. The summed E-state index contributed by atoms with van der Waals surface area (Å²) in [7, 11) is -4.11. The van der Waals surface area contributed by atoms with Gasteiger partial charge in [-0.2, -0.15) is 0 Å². The summed E-state index contributed by atoms with van der Waals surface area (Å²) < 4.78 is 35.0. The zero-order valence-corrected chi connectivity index (χ0v) is 14.4. The molecule has 0 unspecified atom stereocenters. The average molecular weight is 376 g/mol. The highest BCUT2D eigenvalue weighted by molar-refractivity contribution is 7.91. The molecular formula is C17H16N2O6S. The molecule has 2 aromatic carbocycles. The fourth-order valence-electron chi connectivity index (χ4n) is 2.35. The van der Waals surface area contributed by atoms with E-state index in [1.165, 1.54) is 12.1 Å². The summed E-state index contributed by atoms with van der Waals surface area (Å²) in [6, 6.07) is 14.2. The van der Waals surface area contributed by atoms with Gasteiger partial charge in [-0.15, -0.1) is 0 Å². The largest absolute Gasteiger partial charge is 0.508 e. The molecule has 3 rings (SSSR count). The fraction of sp³-hybridized carbons (Fsp3) is 0.176. The molecule has 0 radical (unpaired) electrons. The topological polar surface area (TPSA) is 117 Å². The molecule has 0 amide bonds. The summed E-state index contributed by atoms with van der Waals surface area (Å²) in [6.07, 6.45) is 1.21. The van der Waals surface area contributed by atoms with Crippen molar-refractivity contribution in [3.8, 4) is 11.6 Å². The van der Waals surface area contributed by atoms with Crippen molar-refractivity contribution in [2.75, 3.05) is 6.61 Å². The molecule has 0 atom stereocenters. The third kappa shape index (κ3) is 3.77. The monoisotopic (exact) mass is 376 g/mol. The number of benzene rings is 2. The van der Waals surface area contributed by atoms with Gasteiger partial charge in [-0.3, -0.25) is 4.63 Å². The van der Waals surface area contributed by atoms with E-state index in [0.717, 1.165) is 5.56 Å². The second-order valence-electron chi connectivity index (χ2n) is 5.48. The van der Waals surface area contributed by atoms with Gasteiger partial charge in [-0.1, -0.05) is 30.3 Å². The van der Waals surface area contributed by atoms with Crippen molar-refractivity contribution in [1.29, 1.82) is 0 Å². The van der Waals surface area contributed by atoms with Crippen LogP contribution in [-0.2, 0) is 16.3 Å². The number of phenols is 1. The molecule has 26 heavy (non-hydrogen) atoms. The molecule has 1 heterocycles. The van der Waals surface area contributed by atoms with Crippen LogP contribution in [0.25, 0.3) is 0 Å². The van der Waals surface area contributed by atoms with Crippen molar-refractivity contribution < 1.29 is 27.8 Å². The first-order chi connectivity index (χ1) is 12.5. The summed E-state index contributed by atoms with van der Waals surface area (Å²) in [6.45, 7) is 0.144. The highest BCUT2D eigenvalue weighted by Gasteiger charge is 2.35. The van der Waals surface area contributed by atoms with Crippen LogP contribution in [0.15, 0.2) is 69.1 Å². The fourth-order valence-corrected chi connectivity index (χ4v) is 3.64. The number of aromatic nitrogens is 2. The summed E-state index contributed by atoms with van der Waals surface area (Å²) in [4.78, 5) is -0.223. The lowest BCUT2D eigenvalue weighted by molar-refractivity contribution is -0.832. The maximum Gasteiger partial charge on any atom is 0.414 e. The molecule has 1 aromatic heterocycles. The minimum Gasteiger partial charge on any atom is -0.508 e. The summed E-state index contributed by atoms with van der Waals surface area (Å²) in [5.41, 5.74) is 0.988. The standard InChI is InChI=1S/C17H16N2O6S/c20-14-10-8-13(9-11-14)5-4-12-24-16-17(19(21)25-18-16)26(22,23)15-6-2-1-3-7-15/h1-3,6-11,20H,4-5,12H2. The molecule has 0 aliphatic rings. The summed E-state index contributed by atoms with van der Waals surface area (Å²) >= 11 is 0. The highest BCUT2D eigenvalue weighted by atomic mass is 32.2. The van der Waals surface area contributed by atoms with Crippen molar-refractivity contribution in [3.05, 3.63) is 65.4 Å². The normalized spacial score (nSPS) is 11.4. The van der Waals surface area contributed by atoms with E-state index in [2.05, 4.69) is 9.79 Å². The van der Waals surface area contributed by atoms with E-state index in [0.29, 0.717) is 12.8 Å². The Labute approximate surface area is 149 Å². The molecule has 1 N–H and O–H groups in total. The number of aryl methyl sites for hydroxylation is 1. The lowest BCUT2D eigenvalue weighted by atomic mass is 10.1. The van der Waals surface area contributed by atoms with E-state index in [1.807, 2.05) is 0 Å². The van der Waals surface area contributed by atoms with Crippen molar-refractivity contribution in [2.24, 2.45) is 0 Å². The number of ether oxygens (including phenoxy) is 1. The van der Waals surface area contributed by atoms with Crippen LogP contribution in [-0.4, -0.2) is 25.3 Å². The Morgan fingerprint density at radius 3 is 2.50 bits per heavy atom. The third-order valence-corrected chi connectivity index (χ3v) is 5.37. The molecule has 0 aliphatic heterocycles. The van der Waals surface area contributed by atoms with Gasteiger partial charge in [0.25, 0.3) is 9.84 Å². The molecule has 136 valence electrons. The van der Waals surface area contributed by atoms with Gasteiger partial charge in [0.05, 0.1) is 16.7 Å². The van der Waals surface area contributed by atoms with Crippen LogP contribution < -0.4 is 9.64 Å².